The number of thioether (sulfide) groups is 1. The molecular weight excluding hydrogens is 596 g/mol. The Balaban J connectivity index is 1.76. The summed E-state index contributed by atoms with van der Waals surface area (Å²) in [7, 11) is 0. The van der Waals surface area contributed by atoms with Gasteiger partial charge in [0.25, 0.3) is 0 Å². The average Bonchev–Trinajstić information content (AvgIpc) is 2.87. The number of aliphatic hydroxyl groups is 1. The molecule has 3 aromatic carbocycles. The van der Waals surface area contributed by atoms with Gasteiger partial charge in [-0.1, -0.05) is 36.4 Å². The molecule has 0 bridgehead atoms. The Morgan fingerprint density at radius 2 is 1.49 bits per heavy atom. The van der Waals surface area contributed by atoms with Crippen molar-refractivity contribution in [3.05, 3.63) is 72.3 Å². The van der Waals surface area contributed by atoms with Crippen molar-refractivity contribution >= 4 is 17.4 Å². The van der Waals surface area contributed by atoms with Gasteiger partial charge in [0.15, 0.2) is 6.10 Å². The lowest BCUT2D eigenvalue weighted by atomic mass is 10.0. The van der Waals surface area contributed by atoms with Crippen LogP contribution in [0.3, 0.4) is 0 Å². The van der Waals surface area contributed by atoms with Crippen LogP contribution in [-0.2, 0) is 0 Å². The molecular formula is C26H19F10NO3S. The Bertz CT molecular complexity index is 1370. The van der Waals surface area contributed by atoms with Gasteiger partial charge in [-0.25, -0.2) is 0 Å². The fraction of sp³-hybridized carbons (Fsp3) is 0.308. The number of fused-ring (bicyclic) bond motifs is 1. The number of nitrogens with zero attached hydrogens (tertiary/aromatic N) is 1. The molecule has 0 saturated carbocycles. The fourth-order valence-corrected chi connectivity index (χ4v) is 5.56. The summed E-state index contributed by atoms with van der Waals surface area (Å²) < 4.78 is 139. The maximum atomic E-state index is 13.5. The molecule has 2 unspecified atom stereocenters. The maximum Gasteiger partial charge on any atom is 0.573 e. The van der Waals surface area contributed by atoms with Gasteiger partial charge >= 0.3 is 25.1 Å². The van der Waals surface area contributed by atoms with Gasteiger partial charge < -0.3 is 19.5 Å². The summed E-state index contributed by atoms with van der Waals surface area (Å²) in [5.41, 5.74) is 0.915. The van der Waals surface area contributed by atoms with E-state index in [-0.39, 0.29) is 22.6 Å². The Morgan fingerprint density at radius 1 is 0.854 bits per heavy atom. The molecule has 4 nitrogen and oxygen atoms in total. The Hall–Kier alpha value is -3.33. The molecule has 0 aliphatic carbocycles. The topological polar surface area (TPSA) is 41.9 Å². The van der Waals surface area contributed by atoms with E-state index in [0.717, 1.165) is 36.0 Å². The van der Waals surface area contributed by atoms with E-state index in [9.17, 15) is 49.0 Å². The van der Waals surface area contributed by atoms with E-state index in [0.29, 0.717) is 10.5 Å². The Morgan fingerprint density at radius 3 is 2.12 bits per heavy atom. The largest absolute Gasteiger partial charge is 0.573 e. The van der Waals surface area contributed by atoms with Crippen LogP contribution in [0.5, 0.6) is 11.5 Å². The van der Waals surface area contributed by atoms with Gasteiger partial charge in [0, 0.05) is 10.6 Å². The minimum atomic E-state index is -5.03. The van der Waals surface area contributed by atoms with Crippen LogP contribution in [0.2, 0.25) is 0 Å². The molecule has 2 atom stereocenters. The smallest absolute Gasteiger partial charge is 0.428 e. The van der Waals surface area contributed by atoms with Gasteiger partial charge in [0.1, 0.15) is 11.5 Å². The van der Waals surface area contributed by atoms with E-state index in [1.165, 1.54) is 47.4 Å². The van der Waals surface area contributed by atoms with Crippen LogP contribution in [0.15, 0.2) is 71.6 Å². The third kappa shape index (κ3) is 7.31. The van der Waals surface area contributed by atoms with E-state index in [2.05, 4.69) is 9.47 Å². The lowest BCUT2D eigenvalue weighted by molar-refractivity contribution is -0.274. The van der Waals surface area contributed by atoms with Crippen LogP contribution in [0.25, 0.3) is 11.1 Å². The van der Waals surface area contributed by atoms with Gasteiger partial charge in [-0.05, 0) is 47.0 Å². The summed E-state index contributed by atoms with van der Waals surface area (Å²) in [6, 6.07) is 12.9. The van der Waals surface area contributed by atoms with Crippen LogP contribution >= 0.6 is 11.8 Å². The molecule has 15 heteroatoms. The highest BCUT2D eigenvalue weighted by molar-refractivity contribution is 7.99. The Kier molecular flexibility index (Phi) is 8.60. The zero-order valence-corrected chi connectivity index (χ0v) is 21.2. The van der Waals surface area contributed by atoms with E-state index >= 15 is 0 Å². The van der Waals surface area contributed by atoms with Crippen molar-refractivity contribution < 1.29 is 58.5 Å². The van der Waals surface area contributed by atoms with Crippen LogP contribution in [0, 0.1) is 0 Å². The highest BCUT2D eigenvalue weighted by Crippen LogP contribution is 2.49. The summed E-state index contributed by atoms with van der Waals surface area (Å²) in [6.45, 7) is -0.999. The molecule has 3 aromatic rings. The van der Waals surface area contributed by atoms with Crippen LogP contribution in [-0.4, -0.2) is 48.6 Å². The quantitative estimate of drug-likeness (QED) is 0.260. The van der Waals surface area contributed by atoms with Gasteiger partial charge in [-0.2, -0.15) is 30.7 Å². The predicted molar refractivity (Wildman–Crippen MR) is 129 cm³/mol. The SMILES string of the molecule is OC(CN1c2cccc(-c3cccc(OC(F)(F)F)c3)c2SCC1c1cccc(OC(F)(F)C(F)F)c1)C(F)(F)F. The number of rotatable bonds is 8. The molecule has 0 aromatic heterocycles. The van der Waals surface area contributed by atoms with Crippen LogP contribution < -0.4 is 14.4 Å². The van der Waals surface area contributed by atoms with Crippen molar-refractivity contribution in [3.8, 4) is 22.6 Å². The third-order valence-electron chi connectivity index (χ3n) is 5.94. The van der Waals surface area contributed by atoms with E-state index in [4.69, 9.17) is 0 Å². The highest BCUT2D eigenvalue weighted by Gasteiger charge is 2.45. The van der Waals surface area contributed by atoms with Crippen molar-refractivity contribution in [2.45, 2.75) is 42.1 Å². The van der Waals surface area contributed by atoms with E-state index in [1.807, 2.05) is 0 Å². The molecule has 0 amide bonds. The van der Waals surface area contributed by atoms with Gasteiger partial charge in [-0.3, -0.25) is 0 Å². The number of benzene rings is 3. The first-order chi connectivity index (χ1) is 19.0. The number of alkyl halides is 10. The lowest BCUT2D eigenvalue weighted by Crippen LogP contribution is -2.44. The first-order valence-electron chi connectivity index (χ1n) is 11.6. The number of aliphatic hydroxyl groups excluding tert-OH is 1. The maximum absolute atomic E-state index is 13.5. The van der Waals surface area contributed by atoms with Crippen molar-refractivity contribution in [2.24, 2.45) is 0 Å². The summed E-state index contributed by atoms with van der Waals surface area (Å²) in [6.07, 6.45) is -21.8. The van der Waals surface area contributed by atoms with Crippen LogP contribution in [0.4, 0.5) is 49.6 Å². The second-order valence-corrected chi connectivity index (χ2v) is 9.83. The van der Waals surface area contributed by atoms with E-state index < -0.39 is 55.3 Å². The molecule has 1 aliphatic heterocycles. The lowest BCUT2D eigenvalue weighted by Gasteiger charge is -2.41. The molecule has 0 saturated heterocycles. The number of halogens is 10. The fourth-order valence-electron chi connectivity index (χ4n) is 4.19. The van der Waals surface area contributed by atoms with Gasteiger partial charge in [0.05, 0.1) is 18.3 Å². The summed E-state index contributed by atoms with van der Waals surface area (Å²) in [5, 5.41) is 9.92. The highest BCUT2D eigenvalue weighted by atomic mass is 32.2. The molecule has 41 heavy (non-hydrogen) atoms. The first-order valence-corrected chi connectivity index (χ1v) is 12.6. The number of hydrogen-bond donors (Lipinski definition) is 1. The summed E-state index contributed by atoms with van der Waals surface area (Å²) in [5.74, 6) is -1.19. The predicted octanol–water partition coefficient (Wildman–Crippen LogP) is 8.07. The number of β-amino-alcohol motifs (C(OH)–C–C–N with tert-alkyl or cyclic N) is 1. The number of ether oxygens (including phenoxy) is 2. The normalized spacial score (nSPS) is 16.9. The van der Waals surface area contributed by atoms with Crippen molar-refractivity contribution in [3.63, 3.8) is 0 Å². The second kappa shape index (κ2) is 11.5. The average molecular weight is 615 g/mol. The molecule has 4 rings (SSSR count). The number of hydrogen-bond acceptors (Lipinski definition) is 5. The number of anilines is 1. The monoisotopic (exact) mass is 615 g/mol. The van der Waals surface area contributed by atoms with Crippen molar-refractivity contribution in [2.75, 3.05) is 17.2 Å². The standard InChI is InChI=1S/C26H19F10NO3S/c27-23(28)25(32,33)39-16-6-2-5-15(11-16)20-13-41-22-18(14-4-1-7-17(10-14)40-26(34,35)36)8-3-9-19(22)37(20)12-21(38)24(29,30)31/h1-11,20-21,23,38H,12-13H2. The molecule has 222 valence electrons. The Labute approximate surface area is 230 Å². The van der Waals surface area contributed by atoms with Gasteiger partial charge in [0.2, 0.25) is 0 Å². The zero-order valence-electron chi connectivity index (χ0n) is 20.4. The molecule has 1 N–H and O–H groups in total. The minimum Gasteiger partial charge on any atom is -0.428 e. The molecule has 1 heterocycles. The first kappa shape index (κ1) is 30.6. The summed E-state index contributed by atoms with van der Waals surface area (Å²) >= 11 is 1.12. The van der Waals surface area contributed by atoms with Gasteiger partial charge in [-0.15, -0.1) is 24.9 Å². The van der Waals surface area contributed by atoms with Crippen molar-refractivity contribution in [1.29, 1.82) is 0 Å². The zero-order chi connectivity index (χ0) is 30.2. The molecule has 0 radical (unpaired) electrons. The van der Waals surface area contributed by atoms with Crippen molar-refractivity contribution in [1.82, 2.24) is 0 Å². The molecule has 0 spiro atoms. The third-order valence-corrected chi connectivity index (χ3v) is 7.14. The summed E-state index contributed by atoms with van der Waals surface area (Å²) in [4.78, 5) is 1.55. The molecule has 1 aliphatic rings. The minimum absolute atomic E-state index is 0.0119. The van der Waals surface area contributed by atoms with E-state index in [1.54, 1.807) is 0 Å². The van der Waals surface area contributed by atoms with Crippen LogP contribution in [0.1, 0.15) is 11.6 Å². The molecule has 0 fully saturated rings. The second-order valence-electron chi connectivity index (χ2n) is 8.80.